The Bertz CT molecular complexity index is 588. The highest BCUT2D eigenvalue weighted by Crippen LogP contribution is 2.31. The molecule has 0 amide bonds. The molecule has 2 N–H and O–H groups in total. The van der Waals surface area contributed by atoms with E-state index in [4.69, 9.17) is 5.73 Å². The van der Waals surface area contributed by atoms with Crippen LogP contribution in [0.25, 0.3) is 10.8 Å². The van der Waals surface area contributed by atoms with Crippen LogP contribution in [0.3, 0.4) is 0 Å². The first-order valence-electron chi connectivity index (χ1n) is 7.39. The van der Waals surface area contributed by atoms with Crippen LogP contribution in [0.5, 0.6) is 0 Å². The maximum atomic E-state index is 6.36. The van der Waals surface area contributed by atoms with Crippen molar-refractivity contribution < 1.29 is 0 Å². The quantitative estimate of drug-likeness (QED) is 0.870. The Morgan fingerprint density at radius 3 is 2.70 bits per heavy atom. The van der Waals surface area contributed by atoms with E-state index in [9.17, 15) is 0 Å². The van der Waals surface area contributed by atoms with Crippen molar-refractivity contribution in [3.05, 3.63) is 30.6 Å². The number of aromatic nitrogens is 1. The van der Waals surface area contributed by atoms with E-state index in [1.165, 1.54) is 18.7 Å². The number of pyridine rings is 1. The van der Waals surface area contributed by atoms with Gasteiger partial charge in [-0.05, 0) is 25.1 Å². The average Bonchev–Trinajstić information content (AvgIpc) is 2.49. The number of hydrogen-bond acceptors (Lipinski definition) is 4. The Balaban J connectivity index is 1.83. The van der Waals surface area contributed by atoms with Gasteiger partial charge in [-0.15, -0.1) is 0 Å². The van der Waals surface area contributed by atoms with E-state index in [-0.39, 0.29) is 0 Å². The number of nitrogen functional groups attached to an aromatic ring is 1. The Hall–Kier alpha value is -1.81. The summed E-state index contributed by atoms with van der Waals surface area (Å²) in [6, 6.07) is 6.25. The lowest BCUT2D eigenvalue weighted by Gasteiger charge is -2.36. The summed E-state index contributed by atoms with van der Waals surface area (Å²) in [5, 5.41) is 2.21. The Labute approximate surface area is 120 Å². The number of hydrogen-bond donors (Lipinski definition) is 1. The van der Waals surface area contributed by atoms with E-state index >= 15 is 0 Å². The lowest BCUT2D eigenvalue weighted by molar-refractivity contribution is 0.258. The smallest absolute Gasteiger partial charge is 0.0632 e. The molecule has 1 aromatic heterocycles. The second kappa shape index (κ2) is 5.67. The minimum absolute atomic E-state index is 0.883. The third-order valence-electron chi connectivity index (χ3n) is 4.09. The number of nitrogens with zero attached hydrogens (tertiary/aromatic N) is 3. The molecule has 1 saturated heterocycles. The van der Waals surface area contributed by atoms with Crippen LogP contribution >= 0.6 is 0 Å². The molecule has 0 unspecified atom stereocenters. The lowest BCUT2D eigenvalue weighted by Crippen LogP contribution is -2.46. The lowest BCUT2D eigenvalue weighted by atomic mass is 10.1. The number of benzene rings is 1. The molecule has 2 aromatic rings. The topological polar surface area (TPSA) is 45.4 Å². The maximum Gasteiger partial charge on any atom is 0.0632 e. The first-order valence-corrected chi connectivity index (χ1v) is 7.39. The third-order valence-corrected chi connectivity index (χ3v) is 4.09. The van der Waals surface area contributed by atoms with Gasteiger partial charge < -0.3 is 10.6 Å². The molecule has 0 radical (unpaired) electrons. The van der Waals surface area contributed by atoms with Gasteiger partial charge in [0.2, 0.25) is 0 Å². The van der Waals surface area contributed by atoms with Crippen molar-refractivity contribution in [3.8, 4) is 0 Å². The molecule has 1 aliphatic heterocycles. The SMILES string of the molecule is CCCN1CCN(c2ccc3cnccc3c2N)CC1. The zero-order valence-electron chi connectivity index (χ0n) is 12.0. The van der Waals surface area contributed by atoms with Gasteiger partial charge in [0.05, 0.1) is 11.4 Å². The molecule has 0 bridgehead atoms. The summed E-state index contributed by atoms with van der Waals surface area (Å²) < 4.78 is 0. The van der Waals surface area contributed by atoms with Gasteiger partial charge in [-0.1, -0.05) is 13.0 Å². The highest BCUT2D eigenvalue weighted by Gasteiger charge is 2.18. The molecule has 0 atom stereocenters. The highest BCUT2D eigenvalue weighted by atomic mass is 15.3. The van der Waals surface area contributed by atoms with Crippen LogP contribution in [0.2, 0.25) is 0 Å². The summed E-state index contributed by atoms with van der Waals surface area (Å²) in [6.45, 7) is 7.80. The maximum absolute atomic E-state index is 6.36. The summed E-state index contributed by atoms with van der Waals surface area (Å²) in [5.74, 6) is 0. The van der Waals surface area contributed by atoms with E-state index < -0.39 is 0 Å². The Kier molecular flexibility index (Phi) is 3.74. The molecular formula is C16H22N4. The first-order chi connectivity index (χ1) is 9.79. The molecule has 1 aromatic carbocycles. The predicted octanol–water partition coefficient (Wildman–Crippen LogP) is 2.35. The molecule has 4 heteroatoms. The standard InChI is InChI=1S/C16H22N4/c1-2-7-19-8-10-20(11-9-19)15-4-3-13-12-18-6-5-14(13)16(15)17/h3-6,12H,2,7-11,17H2,1H3. The molecule has 1 fully saturated rings. The largest absolute Gasteiger partial charge is 0.397 e. The Morgan fingerprint density at radius 1 is 1.15 bits per heavy atom. The number of piperazine rings is 1. The van der Waals surface area contributed by atoms with Crippen molar-refractivity contribution in [1.82, 2.24) is 9.88 Å². The fourth-order valence-electron chi connectivity index (χ4n) is 2.99. The number of rotatable bonds is 3. The minimum atomic E-state index is 0.883. The van der Waals surface area contributed by atoms with Crippen LogP contribution in [0, 0.1) is 0 Å². The monoisotopic (exact) mass is 270 g/mol. The van der Waals surface area contributed by atoms with Crippen molar-refractivity contribution >= 4 is 22.1 Å². The zero-order chi connectivity index (χ0) is 13.9. The van der Waals surface area contributed by atoms with Crippen LogP contribution < -0.4 is 10.6 Å². The van der Waals surface area contributed by atoms with Crippen LogP contribution in [-0.4, -0.2) is 42.6 Å². The number of nitrogens with two attached hydrogens (primary N) is 1. The van der Waals surface area contributed by atoms with Crippen molar-refractivity contribution in [3.63, 3.8) is 0 Å². The molecule has 20 heavy (non-hydrogen) atoms. The van der Waals surface area contributed by atoms with Gasteiger partial charge in [0.15, 0.2) is 0 Å². The Morgan fingerprint density at radius 2 is 1.95 bits per heavy atom. The molecule has 2 heterocycles. The summed E-state index contributed by atoms with van der Waals surface area (Å²) in [6.07, 6.45) is 4.90. The normalized spacial score (nSPS) is 16.8. The number of fused-ring (bicyclic) bond motifs is 1. The molecule has 0 aliphatic carbocycles. The van der Waals surface area contributed by atoms with Gasteiger partial charge >= 0.3 is 0 Å². The molecule has 1 aliphatic rings. The van der Waals surface area contributed by atoms with Crippen LogP contribution in [-0.2, 0) is 0 Å². The van der Waals surface area contributed by atoms with E-state index in [1.807, 2.05) is 18.5 Å². The van der Waals surface area contributed by atoms with Crippen molar-refractivity contribution in [2.24, 2.45) is 0 Å². The molecule has 106 valence electrons. The highest BCUT2D eigenvalue weighted by molar-refractivity contribution is 5.98. The van der Waals surface area contributed by atoms with Gasteiger partial charge in [0.25, 0.3) is 0 Å². The molecule has 4 nitrogen and oxygen atoms in total. The van der Waals surface area contributed by atoms with Crippen molar-refractivity contribution in [2.45, 2.75) is 13.3 Å². The average molecular weight is 270 g/mol. The van der Waals surface area contributed by atoms with E-state index in [0.29, 0.717) is 0 Å². The number of anilines is 2. The van der Waals surface area contributed by atoms with Gasteiger partial charge in [-0.3, -0.25) is 9.88 Å². The van der Waals surface area contributed by atoms with Crippen molar-refractivity contribution in [1.29, 1.82) is 0 Å². The summed E-state index contributed by atoms with van der Waals surface area (Å²) in [7, 11) is 0. The van der Waals surface area contributed by atoms with Crippen LogP contribution in [0.4, 0.5) is 11.4 Å². The summed E-state index contributed by atoms with van der Waals surface area (Å²) >= 11 is 0. The van der Waals surface area contributed by atoms with Crippen LogP contribution in [0.15, 0.2) is 30.6 Å². The fraction of sp³-hybridized carbons (Fsp3) is 0.438. The fourth-order valence-corrected chi connectivity index (χ4v) is 2.99. The van der Waals surface area contributed by atoms with E-state index in [1.54, 1.807) is 0 Å². The van der Waals surface area contributed by atoms with E-state index in [0.717, 1.165) is 42.6 Å². The van der Waals surface area contributed by atoms with Gasteiger partial charge in [0, 0.05) is 49.3 Å². The van der Waals surface area contributed by atoms with E-state index in [2.05, 4.69) is 33.8 Å². The summed E-state index contributed by atoms with van der Waals surface area (Å²) in [5.41, 5.74) is 8.41. The van der Waals surface area contributed by atoms with Crippen LogP contribution in [0.1, 0.15) is 13.3 Å². The second-order valence-corrected chi connectivity index (χ2v) is 5.42. The molecule has 0 saturated carbocycles. The molecular weight excluding hydrogens is 248 g/mol. The first kappa shape index (κ1) is 13.2. The van der Waals surface area contributed by atoms with Gasteiger partial charge in [-0.2, -0.15) is 0 Å². The third kappa shape index (κ3) is 2.43. The molecule has 0 spiro atoms. The second-order valence-electron chi connectivity index (χ2n) is 5.42. The minimum Gasteiger partial charge on any atom is -0.397 e. The van der Waals surface area contributed by atoms with Crippen molar-refractivity contribution in [2.75, 3.05) is 43.4 Å². The van der Waals surface area contributed by atoms with Gasteiger partial charge in [-0.25, -0.2) is 0 Å². The molecule has 3 rings (SSSR count). The van der Waals surface area contributed by atoms with Gasteiger partial charge in [0.1, 0.15) is 0 Å². The zero-order valence-corrected chi connectivity index (χ0v) is 12.0. The summed E-state index contributed by atoms with van der Waals surface area (Å²) in [4.78, 5) is 9.08. The predicted molar refractivity (Wildman–Crippen MR) is 85.1 cm³/mol.